The van der Waals surface area contributed by atoms with Gasteiger partial charge in [0.05, 0.1) is 11.7 Å². The van der Waals surface area contributed by atoms with Crippen LogP contribution in [0.4, 0.5) is 22.0 Å². The maximum absolute atomic E-state index is 13.3. The first-order valence-corrected chi connectivity index (χ1v) is 8.54. The minimum atomic E-state index is -5.75. The van der Waals surface area contributed by atoms with Crippen LogP contribution in [0.3, 0.4) is 0 Å². The van der Waals surface area contributed by atoms with E-state index in [0.29, 0.717) is 24.4 Å². The normalized spacial score (nSPS) is 18.6. The third-order valence-corrected chi connectivity index (χ3v) is 4.59. The van der Waals surface area contributed by atoms with E-state index in [1.54, 1.807) is 6.20 Å². The monoisotopic (exact) mass is 387 g/mol. The molecular formula is C18H18F5N3O. The number of rotatable bonds is 4. The molecule has 2 aromatic rings. The second kappa shape index (κ2) is 7.28. The van der Waals surface area contributed by atoms with Gasteiger partial charge < -0.3 is 9.88 Å². The Hall–Kier alpha value is -2.45. The number of imidazole rings is 1. The number of H-pyrrole nitrogens is 1. The lowest BCUT2D eigenvalue weighted by Gasteiger charge is -2.35. The smallest absolute Gasteiger partial charge is 0.346 e. The molecule has 0 bridgehead atoms. The molecule has 1 aliphatic heterocycles. The van der Waals surface area contributed by atoms with Gasteiger partial charge in [0.2, 0.25) is 5.91 Å². The van der Waals surface area contributed by atoms with Crippen molar-refractivity contribution in [3.05, 3.63) is 42.4 Å². The average molecular weight is 387 g/mol. The van der Waals surface area contributed by atoms with Crippen molar-refractivity contribution >= 4 is 5.91 Å². The summed E-state index contributed by atoms with van der Waals surface area (Å²) in [6.07, 6.45) is -4.28. The Morgan fingerprint density at radius 1 is 1.15 bits per heavy atom. The van der Waals surface area contributed by atoms with E-state index in [0.717, 1.165) is 16.9 Å². The van der Waals surface area contributed by atoms with E-state index in [4.69, 9.17) is 0 Å². The van der Waals surface area contributed by atoms with Gasteiger partial charge in [0.15, 0.2) is 0 Å². The molecule has 0 spiro atoms. The largest absolute Gasteiger partial charge is 0.453 e. The summed E-state index contributed by atoms with van der Waals surface area (Å²) in [6.45, 7) is 0.124. The second-order valence-electron chi connectivity index (χ2n) is 6.51. The molecule has 1 aliphatic rings. The molecule has 3 rings (SSSR count). The van der Waals surface area contributed by atoms with Gasteiger partial charge in [-0.2, -0.15) is 22.0 Å². The number of likely N-dealkylation sites (tertiary alicyclic amines) is 1. The Morgan fingerprint density at radius 2 is 1.85 bits per heavy atom. The lowest BCUT2D eigenvalue weighted by Crippen LogP contribution is -2.45. The van der Waals surface area contributed by atoms with Crippen molar-refractivity contribution in [2.24, 2.45) is 0 Å². The fraction of sp³-hybridized carbons (Fsp3) is 0.444. The van der Waals surface area contributed by atoms with E-state index in [9.17, 15) is 26.7 Å². The molecule has 1 atom stereocenters. The maximum atomic E-state index is 13.3. The first kappa shape index (κ1) is 19.3. The number of amides is 1. The van der Waals surface area contributed by atoms with Gasteiger partial charge in [-0.1, -0.05) is 30.3 Å². The zero-order valence-corrected chi connectivity index (χ0v) is 14.3. The molecule has 1 N–H and O–H groups in total. The molecule has 1 aromatic heterocycles. The van der Waals surface area contributed by atoms with Crippen LogP contribution in [0.15, 0.2) is 36.5 Å². The zero-order valence-electron chi connectivity index (χ0n) is 14.3. The molecule has 0 saturated carbocycles. The van der Waals surface area contributed by atoms with Gasteiger partial charge in [0, 0.05) is 18.3 Å². The summed E-state index contributed by atoms with van der Waals surface area (Å²) in [6, 6.07) is 8.55. The highest BCUT2D eigenvalue weighted by Crippen LogP contribution is 2.40. The number of nitrogens with one attached hydrogen (secondary N) is 1. The standard InChI is InChI=1S/C18H18F5N3O/c19-17(20,18(21,22)23)10-15(27)26-9-5-4-8-14(26)16-24-11-13(25-16)12-6-2-1-3-7-12/h1-3,6-7,11,14H,4-5,8-10H2,(H,24,25). The lowest BCUT2D eigenvalue weighted by molar-refractivity contribution is -0.283. The van der Waals surface area contributed by atoms with Crippen LogP contribution in [0.25, 0.3) is 11.3 Å². The van der Waals surface area contributed by atoms with E-state index in [-0.39, 0.29) is 6.54 Å². The third-order valence-electron chi connectivity index (χ3n) is 4.59. The summed E-state index contributed by atoms with van der Waals surface area (Å²) in [5.74, 6) is -5.89. The van der Waals surface area contributed by atoms with Gasteiger partial charge >= 0.3 is 12.1 Å². The van der Waals surface area contributed by atoms with Gasteiger partial charge in [-0.25, -0.2) is 4.98 Å². The first-order valence-electron chi connectivity index (χ1n) is 8.54. The third kappa shape index (κ3) is 4.12. The van der Waals surface area contributed by atoms with Crippen LogP contribution < -0.4 is 0 Å². The fourth-order valence-corrected chi connectivity index (χ4v) is 3.17. The summed E-state index contributed by atoms with van der Waals surface area (Å²) < 4.78 is 63.9. The Kier molecular flexibility index (Phi) is 5.21. The summed E-state index contributed by atoms with van der Waals surface area (Å²) in [5, 5.41) is 0. The van der Waals surface area contributed by atoms with E-state index < -0.39 is 30.5 Å². The summed E-state index contributed by atoms with van der Waals surface area (Å²) in [5.41, 5.74) is 1.45. The lowest BCUT2D eigenvalue weighted by atomic mass is 10.0. The van der Waals surface area contributed by atoms with Crippen LogP contribution in [0.5, 0.6) is 0 Å². The second-order valence-corrected chi connectivity index (χ2v) is 6.51. The zero-order chi connectivity index (χ0) is 19.7. The number of aromatic nitrogens is 2. The van der Waals surface area contributed by atoms with Crippen LogP contribution in [0, 0.1) is 0 Å². The quantitative estimate of drug-likeness (QED) is 0.772. The Bertz CT molecular complexity index is 788. The Morgan fingerprint density at radius 3 is 2.52 bits per heavy atom. The van der Waals surface area contributed by atoms with Crippen molar-refractivity contribution in [1.29, 1.82) is 0 Å². The van der Waals surface area contributed by atoms with Gasteiger partial charge in [-0.3, -0.25) is 4.79 Å². The molecule has 2 heterocycles. The van der Waals surface area contributed by atoms with Crippen LogP contribution in [-0.4, -0.2) is 39.4 Å². The maximum Gasteiger partial charge on any atom is 0.453 e. The topological polar surface area (TPSA) is 49.0 Å². The SMILES string of the molecule is O=C(CC(F)(F)C(F)(F)F)N1CCCCC1c1nc(-c2ccccc2)c[nH]1. The fourth-order valence-electron chi connectivity index (χ4n) is 3.17. The number of nitrogens with zero attached hydrogens (tertiary/aromatic N) is 2. The number of carbonyl (C=O) groups excluding carboxylic acids is 1. The Balaban J connectivity index is 1.80. The van der Waals surface area contributed by atoms with Gasteiger partial charge in [-0.05, 0) is 19.3 Å². The van der Waals surface area contributed by atoms with Crippen LogP contribution in [-0.2, 0) is 4.79 Å². The summed E-state index contributed by atoms with van der Waals surface area (Å²) in [4.78, 5) is 20.7. The minimum absolute atomic E-state index is 0.124. The van der Waals surface area contributed by atoms with Crippen LogP contribution in [0.1, 0.15) is 37.5 Å². The number of piperidine rings is 1. The van der Waals surface area contributed by atoms with Crippen molar-refractivity contribution in [2.45, 2.75) is 43.8 Å². The van der Waals surface area contributed by atoms with Crippen molar-refractivity contribution in [3.63, 3.8) is 0 Å². The molecule has 0 radical (unpaired) electrons. The predicted octanol–water partition coefficient (Wildman–Crippen LogP) is 4.72. The predicted molar refractivity (Wildman–Crippen MR) is 87.9 cm³/mol. The number of hydrogen-bond acceptors (Lipinski definition) is 2. The molecule has 1 aromatic carbocycles. The van der Waals surface area contributed by atoms with Crippen molar-refractivity contribution in [2.75, 3.05) is 6.54 Å². The number of carbonyl (C=O) groups is 1. The van der Waals surface area contributed by atoms with Gasteiger partial charge in [0.25, 0.3) is 0 Å². The van der Waals surface area contributed by atoms with Gasteiger partial charge in [-0.15, -0.1) is 0 Å². The number of benzene rings is 1. The summed E-state index contributed by atoms with van der Waals surface area (Å²) >= 11 is 0. The highest BCUT2D eigenvalue weighted by molar-refractivity contribution is 5.77. The van der Waals surface area contributed by atoms with E-state index in [1.807, 2.05) is 30.3 Å². The van der Waals surface area contributed by atoms with Crippen LogP contribution in [0.2, 0.25) is 0 Å². The van der Waals surface area contributed by atoms with Crippen LogP contribution >= 0.6 is 0 Å². The highest BCUT2D eigenvalue weighted by Gasteiger charge is 2.59. The highest BCUT2D eigenvalue weighted by atomic mass is 19.4. The number of hydrogen-bond donors (Lipinski definition) is 1. The molecule has 27 heavy (non-hydrogen) atoms. The molecule has 9 heteroatoms. The number of alkyl halides is 5. The van der Waals surface area contributed by atoms with Crippen molar-refractivity contribution in [1.82, 2.24) is 14.9 Å². The molecular weight excluding hydrogens is 369 g/mol. The molecule has 1 fully saturated rings. The molecule has 4 nitrogen and oxygen atoms in total. The molecule has 1 unspecified atom stereocenters. The molecule has 1 amide bonds. The van der Waals surface area contributed by atoms with E-state index in [1.165, 1.54) is 0 Å². The summed E-state index contributed by atoms with van der Waals surface area (Å²) in [7, 11) is 0. The number of halogens is 5. The molecule has 146 valence electrons. The number of aromatic amines is 1. The first-order chi connectivity index (χ1) is 12.7. The minimum Gasteiger partial charge on any atom is -0.346 e. The Labute approximate surface area is 152 Å². The average Bonchev–Trinajstić information content (AvgIpc) is 3.11. The van der Waals surface area contributed by atoms with Crippen molar-refractivity contribution in [3.8, 4) is 11.3 Å². The van der Waals surface area contributed by atoms with Crippen molar-refractivity contribution < 1.29 is 26.7 Å². The molecule has 1 saturated heterocycles. The molecule has 0 aliphatic carbocycles. The van der Waals surface area contributed by atoms with Gasteiger partial charge in [0.1, 0.15) is 12.2 Å². The van der Waals surface area contributed by atoms with E-state index >= 15 is 0 Å². The van der Waals surface area contributed by atoms with E-state index in [2.05, 4.69) is 9.97 Å².